The lowest BCUT2D eigenvalue weighted by Gasteiger charge is -2.39. The fourth-order valence-electron chi connectivity index (χ4n) is 2.60. The van der Waals surface area contributed by atoms with Crippen molar-refractivity contribution in [1.29, 1.82) is 0 Å². The molecule has 0 aliphatic heterocycles. The highest BCUT2D eigenvalue weighted by atomic mass is 16.1. The molecule has 2 heteroatoms. The topological polar surface area (TPSA) is 29.1 Å². The van der Waals surface area contributed by atoms with Crippen molar-refractivity contribution in [1.82, 2.24) is 5.32 Å². The Morgan fingerprint density at radius 1 is 0.952 bits per heavy atom. The van der Waals surface area contributed by atoms with Gasteiger partial charge in [0.2, 0.25) is 5.91 Å². The standard InChI is InChI=1S/C15H31NO.2C2H6/c1-7-10-13(11-8-2)15(5,6)12(4)14(17)16-9-3;2*1-2/h12-13H,7-11H2,1-6H3,(H,16,17);2*1-2H3. The van der Waals surface area contributed by atoms with E-state index in [1.165, 1.54) is 25.7 Å². The summed E-state index contributed by atoms with van der Waals surface area (Å²) in [5, 5.41) is 2.95. The molecule has 1 N–H and O–H groups in total. The van der Waals surface area contributed by atoms with Crippen LogP contribution in [0.25, 0.3) is 0 Å². The third kappa shape index (κ3) is 9.92. The van der Waals surface area contributed by atoms with E-state index < -0.39 is 0 Å². The molecule has 0 aliphatic carbocycles. The molecule has 0 saturated heterocycles. The molecule has 0 aromatic heterocycles. The van der Waals surface area contributed by atoms with Crippen LogP contribution in [0.15, 0.2) is 0 Å². The van der Waals surface area contributed by atoms with Gasteiger partial charge in [-0.2, -0.15) is 0 Å². The lowest BCUT2D eigenvalue weighted by atomic mass is 9.66. The van der Waals surface area contributed by atoms with Gasteiger partial charge in [-0.15, -0.1) is 0 Å². The van der Waals surface area contributed by atoms with Gasteiger partial charge in [0, 0.05) is 12.5 Å². The summed E-state index contributed by atoms with van der Waals surface area (Å²) in [7, 11) is 0. The highest BCUT2D eigenvalue weighted by Crippen LogP contribution is 2.40. The van der Waals surface area contributed by atoms with Crippen molar-refractivity contribution in [2.24, 2.45) is 17.3 Å². The monoisotopic (exact) mass is 301 g/mol. The van der Waals surface area contributed by atoms with Crippen LogP contribution in [0.1, 0.15) is 94.9 Å². The molecule has 2 nitrogen and oxygen atoms in total. The minimum atomic E-state index is 0.0885. The third-order valence-corrected chi connectivity index (χ3v) is 4.19. The Hall–Kier alpha value is -0.530. The minimum absolute atomic E-state index is 0.0885. The Morgan fingerprint density at radius 3 is 1.62 bits per heavy atom. The second kappa shape index (κ2) is 15.9. The summed E-state index contributed by atoms with van der Waals surface area (Å²) in [5.74, 6) is 0.940. The number of hydrogen-bond donors (Lipinski definition) is 1. The van der Waals surface area contributed by atoms with Crippen molar-refractivity contribution in [2.45, 2.75) is 94.9 Å². The summed E-state index contributed by atoms with van der Waals surface area (Å²) in [6.07, 6.45) is 4.86. The average molecular weight is 302 g/mol. The van der Waals surface area contributed by atoms with E-state index in [0.29, 0.717) is 5.92 Å². The van der Waals surface area contributed by atoms with E-state index in [0.717, 1.165) is 6.54 Å². The maximum absolute atomic E-state index is 12.0. The van der Waals surface area contributed by atoms with Crippen LogP contribution in [0.2, 0.25) is 0 Å². The Labute approximate surface area is 135 Å². The van der Waals surface area contributed by atoms with Gasteiger partial charge in [0.1, 0.15) is 0 Å². The number of nitrogens with one attached hydrogen (secondary N) is 1. The van der Waals surface area contributed by atoms with Gasteiger partial charge in [0.05, 0.1) is 0 Å². The highest BCUT2D eigenvalue weighted by Gasteiger charge is 2.37. The van der Waals surface area contributed by atoms with Crippen LogP contribution in [0, 0.1) is 17.3 Å². The average Bonchev–Trinajstić information content (AvgIpc) is 2.50. The van der Waals surface area contributed by atoms with Crippen molar-refractivity contribution in [2.75, 3.05) is 6.54 Å². The van der Waals surface area contributed by atoms with Crippen molar-refractivity contribution in [3.05, 3.63) is 0 Å². The summed E-state index contributed by atoms with van der Waals surface area (Å²) in [6.45, 7) is 21.7. The Bertz CT molecular complexity index is 218. The molecule has 1 atom stereocenters. The number of amides is 1. The molecule has 0 heterocycles. The summed E-state index contributed by atoms with van der Waals surface area (Å²) < 4.78 is 0. The molecule has 0 rings (SSSR count). The molecule has 130 valence electrons. The molecule has 0 aromatic carbocycles. The molecule has 0 bridgehead atoms. The van der Waals surface area contributed by atoms with E-state index in [9.17, 15) is 4.79 Å². The van der Waals surface area contributed by atoms with Crippen molar-refractivity contribution in [3.8, 4) is 0 Å². The third-order valence-electron chi connectivity index (χ3n) is 4.19. The first kappa shape index (κ1) is 25.4. The lowest BCUT2D eigenvalue weighted by molar-refractivity contribution is -0.129. The van der Waals surface area contributed by atoms with Gasteiger partial charge in [-0.25, -0.2) is 0 Å². The van der Waals surface area contributed by atoms with E-state index in [1.807, 2.05) is 34.6 Å². The van der Waals surface area contributed by atoms with Crippen molar-refractivity contribution >= 4 is 5.91 Å². The minimum Gasteiger partial charge on any atom is -0.356 e. The van der Waals surface area contributed by atoms with Gasteiger partial charge in [0.25, 0.3) is 0 Å². The van der Waals surface area contributed by atoms with E-state index in [1.54, 1.807) is 0 Å². The van der Waals surface area contributed by atoms with Crippen LogP contribution < -0.4 is 5.32 Å². The van der Waals surface area contributed by atoms with Gasteiger partial charge >= 0.3 is 0 Å². The Balaban J connectivity index is -0.000000739. The second-order valence-electron chi connectivity index (χ2n) is 5.71. The SMILES string of the molecule is CC.CC.CCCC(CCC)C(C)(C)C(C)C(=O)NCC. The number of hydrogen-bond acceptors (Lipinski definition) is 1. The largest absolute Gasteiger partial charge is 0.356 e. The molecule has 1 amide bonds. The first-order chi connectivity index (χ1) is 9.91. The normalized spacial score (nSPS) is 11.8. The first-order valence-electron chi connectivity index (χ1n) is 9.19. The van der Waals surface area contributed by atoms with Gasteiger partial charge in [-0.1, -0.05) is 88.0 Å². The first-order valence-corrected chi connectivity index (χ1v) is 9.19. The summed E-state index contributed by atoms with van der Waals surface area (Å²) >= 11 is 0. The van der Waals surface area contributed by atoms with E-state index in [2.05, 4.69) is 39.9 Å². The van der Waals surface area contributed by atoms with E-state index >= 15 is 0 Å². The maximum atomic E-state index is 12.0. The zero-order valence-electron chi connectivity index (χ0n) is 16.6. The summed E-state index contributed by atoms with van der Waals surface area (Å²) in [6, 6.07) is 0. The zero-order chi connectivity index (χ0) is 17.5. The maximum Gasteiger partial charge on any atom is 0.223 e. The number of carbonyl (C=O) groups excluding carboxylic acids is 1. The van der Waals surface area contributed by atoms with Crippen LogP contribution in [0.5, 0.6) is 0 Å². The fraction of sp³-hybridized carbons (Fsp3) is 0.947. The highest BCUT2D eigenvalue weighted by molar-refractivity contribution is 5.79. The molecule has 0 aromatic rings. The lowest BCUT2D eigenvalue weighted by Crippen LogP contribution is -2.41. The molecule has 0 aliphatic rings. The molecular weight excluding hydrogens is 258 g/mol. The summed E-state index contributed by atoms with van der Waals surface area (Å²) in [5.41, 5.74) is 0.0886. The molecule has 21 heavy (non-hydrogen) atoms. The van der Waals surface area contributed by atoms with Crippen LogP contribution in [-0.4, -0.2) is 12.5 Å². The smallest absolute Gasteiger partial charge is 0.223 e. The van der Waals surface area contributed by atoms with Crippen molar-refractivity contribution < 1.29 is 4.79 Å². The Kier molecular flexibility index (Phi) is 19.2. The molecule has 0 saturated carbocycles. The van der Waals surface area contributed by atoms with Gasteiger partial charge in [-0.3, -0.25) is 4.79 Å². The molecule has 1 unspecified atom stereocenters. The van der Waals surface area contributed by atoms with Crippen molar-refractivity contribution in [3.63, 3.8) is 0 Å². The number of carbonyl (C=O) groups is 1. The van der Waals surface area contributed by atoms with Gasteiger partial charge < -0.3 is 5.32 Å². The van der Waals surface area contributed by atoms with Gasteiger partial charge in [-0.05, 0) is 18.3 Å². The fourth-order valence-corrected chi connectivity index (χ4v) is 2.60. The van der Waals surface area contributed by atoms with Crippen LogP contribution in [0.3, 0.4) is 0 Å². The zero-order valence-corrected chi connectivity index (χ0v) is 16.6. The molecule has 0 radical (unpaired) electrons. The molecule has 0 spiro atoms. The quantitative estimate of drug-likeness (QED) is 0.580. The van der Waals surface area contributed by atoms with Gasteiger partial charge in [0.15, 0.2) is 0 Å². The van der Waals surface area contributed by atoms with Crippen LogP contribution >= 0.6 is 0 Å². The molecular formula is C19H43NO. The van der Waals surface area contributed by atoms with Crippen LogP contribution in [-0.2, 0) is 4.79 Å². The Morgan fingerprint density at radius 2 is 1.33 bits per heavy atom. The second-order valence-corrected chi connectivity index (χ2v) is 5.71. The van der Waals surface area contributed by atoms with E-state index in [4.69, 9.17) is 0 Å². The summed E-state index contributed by atoms with van der Waals surface area (Å²) in [4.78, 5) is 12.0. The van der Waals surface area contributed by atoms with Crippen LogP contribution in [0.4, 0.5) is 0 Å². The number of rotatable bonds is 8. The van der Waals surface area contributed by atoms with E-state index in [-0.39, 0.29) is 17.2 Å². The molecule has 0 fully saturated rings. The predicted molar refractivity (Wildman–Crippen MR) is 97.6 cm³/mol. The predicted octanol–water partition coefficient (Wildman–Crippen LogP) is 6.05.